The van der Waals surface area contributed by atoms with Gasteiger partial charge in [0.25, 0.3) is 0 Å². The van der Waals surface area contributed by atoms with Gasteiger partial charge in [-0.1, -0.05) is 56.3 Å². The second kappa shape index (κ2) is 7.16. The van der Waals surface area contributed by atoms with Crippen molar-refractivity contribution in [3.8, 4) is 0 Å². The third kappa shape index (κ3) is 4.40. The molecule has 1 heterocycles. The Morgan fingerprint density at radius 1 is 1.16 bits per heavy atom. The zero-order chi connectivity index (χ0) is 18.0. The summed E-state index contributed by atoms with van der Waals surface area (Å²) in [5.41, 5.74) is 0.971. The molecule has 0 N–H and O–H groups in total. The summed E-state index contributed by atoms with van der Waals surface area (Å²) >= 11 is 0. The summed E-state index contributed by atoms with van der Waals surface area (Å²) in [5, 5.41) is 2.27. The van der Waals surface area contributed by atoms with Crippen LogP contribution in [0, 0.1) is 5.92 Å². The van der Waals surface area contributed by atoms with Gasteiger partial charge in [-0.3, -0.25) is 4.79 Å². The van der Waals surface area contributed by atoms with Gasteiger partial charge >= 0.3 is 0 Å². The first-order valence-electron chi connectivity index (χ1n) is 8.81. The minimum atomic E-state index is -3.01. The number of amides is 1. The summed E-state index contributed by atoms with van der Waals surface area (Å²) in [4.78, 5) is 14.7. The Morgan fingerprint density at radius 2 is 1.88 bits per heavy atom. The molecule has 0 bridgehead atoms. The highest BCUT2D eigenvalue weighted by Gasteiger charge is 2.34. The van der Waals surface area contributed by atoms with Crippen LogP contribution in [0.15, 0.2) is 42.5 Å². The normalized spacial score (nSPS) is 19.4. The van der Waals surface area contributed by atoms with E-state index in [1.165, 1.54) is 0 Å². The van der Waals surface area contributed by atoms with Crippen LogP contribution in [-0.2, 0) is 21.1 Å². The first kappa shape index (κ1) is 17.9. The second-order valence-corrected chi connectivity index (χ2v) is 9.58. The van der Waals surface area contributed by atoms with E-state index in [1.54, 1.807) is 4.90 Å². The Kier molecular flexibility index (Phi) is 5.13. The molecule has 5 heteroatoms. The standard InChI is InChI=1S/C20H25NO3S/c1-15(2)13-21(19-9-10-25(23,24)14-19)20(22)12-16-7-8-17-5-3-4-6-18(17)11-16/h3-8,11,15,19H,9-10,12-14H2,1-2H3. The van der Waals surface area contributed by atoms with Crippen LogP contribution in [0.3, 0.4) is 0 Å². The van der Waals surface area contributed by atoms with Gasteiger partial charge in [-0.15, -0.1) is 0 Å². The molecule has 25 heavy (non-hydrogen) atoms. The Balaban J connectivity index is 1.79. The van der Waals surface area contributed by atoms with Crippen LogP contribution in [0.4, 0.5) is 0 Å². The third-order valence-corrected chi connectivity index (χ3v) is 6.45. The number of carbonyl (C=O) groups excluding carboxylic acids is 1. The van der Waals surface area contributed by atoms with Gasteiger partial charge in [-0.2, -0.15) is 0 Å². The highest BCUT2D eigenvalue weighted by atomic mass is 32.2. The van der Waals surface area contributed by atoms with Crippen molar-refractivity contribution < 1.29 is 13.2 Å². The number of hydrogen-bond acceptors (Lipinski definition) is 3. The van der Waals surface area contributed by atoms with E-state index in [1.807, 2.05) is 36.4 Å². The fourth-order valence-corrected chi connectivity index (χ4v) is 5.22. The number of sulfone groups is 1. The first-order chi connectivity index (χ1) is 11.8. The van der Waals surface area contributed by atoms with Gasteiger partial charge in [0, 0.05) is 12.6 Å². The molecular formula is C20H25NO3S. The summed E-state index contributed by atoms with van der Waals surface area (Å²) in [5.74, 6) is 0.619. The fourth-order valence-electron chi connectivity index (χ4n) is 3.49. The van der Waals surface area contributed by atoms with Gasteiger partial charge in [0.1, 0.15) is 0 Å². The highest BCUT2D eigenvalue weighted by molar-refractivity contribution is 7.91. The molecule has 0 aromatic heterocycles. The Morgan fingerprint density at radius 3 is 2.52 bits per heavy atom. The molecule has 1 aliphatic heterocycles. The van der Waals surface area contributed by atoms with Crippen LogP contribution in [-0.4, -0.2) is 43.3 Å². The van der Waals surface area contributed by atoms with Crippen molar-refractivity contribution in [2.45, 2.75) is 32.7 Å². The molecule has 1 saturated heterocycles. The van der Waals surface area contributed by atoms with E-state index in [9.17, 15) is 13.2 Å². The number of rotatable bonds is 5. The van der Waals surface area contributed by atoms with Crippen LogP contribution in [0.1, 0.15) is 25.8 Å². The van der Waals surface area contributed by atoms with Crippen LogP contribution >= 0.6 is 0 Å². The molecule has 4 nitrogen and oxygen atoms in total. The van der Waals surface area contributed by atoms with Crippen molar-refractivity contribution in [1.29, 1.82) is 0 Å². The molecule has 0 radical (unpaired) electrons. The molecular weight excluding hydrogens is 334 g/mol. The summed E-state index contributed by atoms with van der Waals surface area (Å²) in [7, 11) is -3.01. The monoisotopic (exact) mass is 359 g/mol. The van der Waals surface area contributed by atoms with Crippen LogP contribution in [0.5, 0.6) is 0 Å². The van der Waals surface area contributed by atoms with Gasteiger partial charge in [-0.05, 0) is 28.7 Å². The molecule has 0 aliphatic carbocycles. The molecule has 1 amide bonds. The van der Waals surface area contributed by atoms with Crippen molar-refractivity contribution in [2.75, 3.05) is 18.1 Å². The molecule has 2 aromatic rings. The van der Waals surface area contributed by atoms with E-state index in [2.05, 4.69) is 19.9 Å². The maximum Gasteiger partial charge on any atom is 0.227 e. The fraction of sp³-hybridized carbons (Fsp3) is 0.450. The van der Waals surface area contributed by atoms with Crippen LogP contribution in [0.25, 0.3) is 10.8 Å². The van der Waals surface area contributed by atoms with E-state index < -0.39 is 9.84 Å². The van der Waals surface area contributed by atoms with E-state index in [0.29, 0.717) is 25.3 Å². The Labute approximate surface area is 149 Å². The zero-order valence-electron chi connectivity index (χ0n) is 14.8. The molecule has 0 spiro atoms. The molecule has 3 rings (SSSR count). The third-order valence-electron chi connectivity index (χ3n) is 4.70. The Bertz CT molecular complexity index is 873. The predicted molar refractivity (Wildman–Crippen MR) is 101 cm³/mol. The number of carbonyl (C=O) groups is 1. The largest absolute Gasteiger partial charge is 0.338 e. The zero-order valence-corrected chi connectivity index (χ0v) is 15.6. The van der Waals surface area contributed by atoms with Gasteiger partial charge < -0.3 is 4.90 Å². The molecule has 1 unspecified atom stereocenters. The predicted octanol–water partition coefficient (Wildman–Crippen LogP) is 3.05. The summed E-state index contributed by atoms with van der Waals surface area (Å²) < 4.78 is 23.6. The lowest BCUT2D eigenvalue weighted by molar-refractivity contribution is -0.132. The van der Waals surface area contributed by atoms with Crippen LogP contribution < -0.4 is 0 Å². The number of fused-ring (bicyclic) bond motifs is 1. The molecule has 0 saturated carbocycles. The van der Waals surface area contributed by atoms with Gasteiger partial charge in [0.2, 0.25) is 5.91 Å². The maximum absolute atomic E-state index is 12.9. The van der Waals surface area contributed by atoms with Crippen molar-refractivity contribution in [1.82, 2.24) is 4.90 Å². The average molecular weight is 359 g/mol. The van der Waals surface area contributed by atoms with Crippen molar-refractivity contribution in [3.05, 3.63) is 48.0 Å². The smallest absolute Gasteiger partial charge is 0.227 e. The Hall–Kier alpha value is -1.88. The second-order valence-electron chi connectivity index (χ2n) is 7.36. The summed E-state index contributed by atoms with van der Waals surface area (Å²) in [6.07, 6.45) is 0.868. The molecule has 134 valence electrons. The van der Waals surface area contributed by atoms with Crippen molar-refractivity contribution >= 4 is 26.5 Å². The topological polar surface area (TPSA) is 54.5 Å². The molecule has 2 aromatic carbocycles. The lowest BCUT2D eigenvalue weighted by atomic mass is 10.0. The van der Waals surface area contributed by atoms with Gasteiger partial charge in [0.15, 0.2) is 9.84 Å². The first-order valence-corrected chi connectivity index (χ1v) is 10.6. The number of nitrogens with zero attached hydrogens (tertiary/aromatic N) is 1. The van der Waals surface area contributed by atoms with Crippen LogP contribution in [0.2, 0.25) is 0 Å². The molecule has 1 atom stereocenters. The SMILES string of the molecule is CC(C)CN(C(=O)Cc1ccc2ccccc2c1)C1CCS(=O)(=O)C1. The molecule has 1 aliphatic rings. The van der Waals surface area contributed by atoms with E-state index in [0.717, 1.165) is 16.3 Å². The van der Waals surface area contributed by atoms with Gasteiger partial charge in [-0.25, -0.2) is 8.42 Å². The quantitative estimate of drug-likeness (QED) is 0.824. The number of benzene rings is 2. The van der Waals surface area contributed by atoms with Crippen molar-refractivity contribution in [2.24, 2.45) is 5.92 Å². The highest BCUT2D eigenvalue weighted by Crippen LogP contribution is 2.21. The van der Waals surface area contributed by atoms with Crippen molar-refractivity contribution in [3.63, 3.8) is 0 Å². The van der Waals surface area contributed by atoms with E-state index in [4.69, 9.17) is 0 Å². The minimum Gasteiger partial charge on any atom is -0.338 e. The van der Waals surface area contributed by atoms with E-state index >= 15 is 0 Å². The lowest BCUT2D eigenvalue weighted by Gasteiger charge is -2.30. The van der Waals surface area contributed by atoms with E-state index in [-0.39, 0.29) is 23.5 Å². The number of hydrogen-bond donors (Lipinski definition) is 0. The minimum absolute atomic E-state index is 0.0195. The summed E-state index contributed by atoms with van der Waals surface area (Å²) in [6.45, 7) is 4.71. The summed E-state index contributed by atoms with van der Waals surface area (Å²) in [6, 6.07) is 14.0. The van der Waals surface area contributed by atoms with Gasteiger partial charge in [0.05, 0.1) is 17.9 Å². The maximum atomic E-state index is 12.9. The lowest BCUT2D eigenvalue weighted by Crippen LogP contribution is -2.44. The molecule has 1 fully saturated rings. The average Bonchev–Trinajstić information content (AvgIpc) is 2.92.